The second-order valence-electron chi connectivity index (χ2n) is 4.97. The third-order valence-electron chi connectivity index (χ3n) is 3.50. The molecule has 0 aliphatic carbocycles. The van der Waals surface area contributed by atoms with E-state index in [-0.39, 0.29) is 11.2 Å². The Kier molecular flexibility index (Phi) is 6.13. The van der Waals surface area contributed by atoms with Gasteiger partial charge < -0.3 is 0 Å². The van der Waals surface area contributed by atoms with E-state index in [1.165, 1.54) is 12.1 Å². The number of hydrogen-bond donors (Lipinski definition) is 0. The van der Waals surface area contributed by atoms with Crippen molar-refractivity contribution in [2.24, 2.45) is 0 Å². The van der Waals surface area contributed by atoms with Gasteiger partial charge in [0.1, 0.15) is 5.82 Å². The maximum absolute atomic E-state index is 13.5. The van der Waals surface area contributed by atoms with Crippen LogP contribution in [0.5, 0.6) is 0 Å². The molecule has 2 aromatic carbocycles. The Morgan fingerprint density at radius 1 is 0.952 bits per heavy atom. The molecule has 2 rings (SSSR count). The molecule has 0 amide bonds. The molecule has 0 nitrogen and oxygen atoms in total. The van der Waals surface area contributed by atoms with Crippen LogP contribution >= 0.6 is 55.1 Å². The van der Waals surface area contributed by atoms with E-state index in [2.05, 4.69) is 31.9 Å². The molecule has 2 aromatic rings. The van der Waals surface area contributed by atoms with Gasteiger partial charge in [0.15, 0.2) is 0 Å². The van der Waals surface area contributed by atoms with Gasteiger partial charge in [-0.25, -0.2) is 4.39 Å². The number of alkyl halides is 2. The van der Waals surface area contributed by atoms with Crippen molar-refractivity contribution in [2.45, 2.75) is 11.8 Å². The molecule has 0 spiro atoms. The Bertz CT molecular complexity index is 610. The van der Waals surface area contributed by atoms with Crippen LogP contribution in [0, 0.1) is 5.82 Å². The molecule has 21 heavy (non-hydrogen) atoms. The summed E-state index contributed by atoms with van der Waals surface area (Å²) in [4.78, 5) is 0. The molecule has 0 aromatic heterocycles. The van der Waals surface area contributed by atoms with Gasteiger partial charge in [-0.1, -0.05) is 67.2 Å². The summed E-state index contributed by atoms with van der Waals surface area (Å²) in [5.74, 6) is -0.274. The third kappa shape index (κ3) is 4.01. The number of rotatable bonds is 5. The van der Waals surface area contributed by atoms with E-state index in [0.29, 0.717) is 16.5 Å². The highest BCUT2D eigenvalue weighted by atomic mass is 79.9. The lowest BCUT2D eigenvalue weighted by molar-refractivity contribution is 0.547. The Balaban J connectivity index is 2.42. The van der Waals surface area contributed by atoms with Crippen molar-refractivity contribution in [3.05, 3.63) is 69.5 Å². The highest BCUT2D eigenvalue weighted by molar-refractivity contribution is 9.09. The summed E-state index contributed by atoms with van der Waals surface area (Å²) < 4.78 is 13.5. The van der Waals surface area contributed by atoms with Crippen molar-refractivity contribution in [3.63, 3.8) is 0 Å². The minimum absolute atomic E-state index is 0.220. The van der Waals surface area contributed by atoms with E-state index in [4.69, 9.17) is 23.2 Å². The van der Waals surface area contributed by atoms with Crippen molar-refractivity contribution in [3.8, 4) is 0 Å². The highest BCUT2D eigenvalue weighted by Crippen LogP contribution is 2.35. The Morgan fingerprint density at radius 2 is 1.57 bits per heavy atom. The zero-order valence-corrected chi connectivity index (χ0v) is 15.7. The standard InChI is InChI=1S/C16H13Br2Cl2F/c17-9-16(10-18,12-1-3-13(19)4-2-12)8-11-7-14(21)5-6-15(11)20/h1-7H,8-10H2. The number of benzene rings is 2. The van der Waals surface area contributed by atoms with Crippen LogP contribution in [0.4, 0.5) is 4.39 Å². The summed E-state index contributed by atoms with van der Waals surface area (Å²) in [7, 11) is 0. The lowest BCUT2D eigenvalue weighted by Crippen LogP contribution is -2.33. The lowest BCUT2D eigenvalue weighted by atomic mass is 9.79. The van der Waals surface area contributed by atoms with Crippen LogP contribution in [0.1, 0.15) is 11.1 Å². The topological polar surface area (TPSA) is 0 Å². The summed E-state index contributed by atoms with van der Waals surface area (Å²) in [6.45, 7) is 0. The molecule has 0 aliphatic heterocycles. The van der Waals surface area contributed by atoms with E-state index in [9.17, 15) is 4.39 Å². The molecule has 0 atom stereocenters. The molecule has 112 valence electrons. The molecule has 0 saturated heterocycles. The molecule has 5 heteroatoms. The molecular weight excluding hydrogens is 442 g/mol. The fraction of sp³-hybridized carbons (Fsp3) is 0.250. The molecule has 0 heterocycles. The second-order valence-corrected chi connectivity index (χ2v) is 6.93. The average molecular weight is 455 g/mol. The van der Waals surface area contributed by atoms with E-state index < -0.39 is 0 Å². The molecule has 0 saturated carbocycles. The van der Waals surface area contributed by atoms with Crippen molar-refractivity contribution in [2.75, 3.05) is 10.7 Å². The van der Waals surface area contributed by atoms with Gasteiger partial charge in [0, 0.05) is 26.1 Å². The molecule has 0 N–H and O–H groups in total. The van der Waals surface area contributed by atoms with Gasteiger partial charge in [0.25, 0.3) is 0 Å². The van der Waals surface area contributed by atoms with Crippen LogP contribution in [0.2, 0.25) is 10.0 Å². The van der Waals surface area contributed by atoms with Crippen LogP contribution in [0.15, 0.2) is 42.5 Å². The lowest BCUT2D eigenvalue weighted by Gasteiger charge is -2.31. The van der Waals surface area contributed by atoms with Crippen LogP contribution < -0.4 is 0 Å². The minimum Gasteiger partial charge on any atom is -0.207 e. The number of hydrogen-bond acceptors (Lipinski definition) is 0. The first kappa shape index (κ1) is 17.3. The molecule has 0 fully saturated rings. The second kappa shape index (κ2) is 7.45. The van der Waals surface area contributed by atoms with E-state index in [0.717, 1.165) is 21.8 Å². The number of halogens is 5. The van der Waals surface area contributed by atoms with Crippen LogP contribution in [-0.4, -0.2) is 10.7 Å². The fourth-order valence-electron chi connectivity index (χ4n) is 2.23. The van der Waals surface area contributed by atoms with E-state index >= 15 is 0 Å². The third-order valence-corrected chi connectivity index (χ3v) is 6.27. The highest BCUT2D eigenvalue weighted by Gasteiger charge is 2.31. The van der Waals surface area contributed by atoms with Gasteiger partial charge in [-0.2, -0.15) is 0 Å². The van der Waals surface area contributed by atoms with Crippen LogP contribution in [0.25, 0.3) is 0 Å². The Morgan fingerprint density at radius 3 is 2.14 bits per heavy atom. The quantitative estimate of drug-likeness (QED) is 0.458. The molecule has 0 unspecified atom stereocenters. The van der Waals surface area contributed by atoms with Crippen molar-refractivity contribution >= 4 is 55.1 Å². The maximum Gasteiger partial charge on any atom is 0.123 e. The SMILES string of the molecule is Fc1ccc(Cl)c(CC(CBr)(CBr)c2ccc(Cl)cc2)c1. The predicted molar refractivity (Wildman–Crippen MR) is 95.8 cm³/mol. The monoisotopic (exact) mass is 452 g/mol. The summed E-state index contributed by atoms with van der Waals surface area (Å²) in [5, 5.41) is 2.72. The summed E-state index contributed by atoms with van der Waals surface area (Å²) in [5.41, 5.74) is 1.70. The molecule has 0 aliphatic rings. The summed E-state index contributed by atoms with van der Waals surface area (Å²) >= 11 is 19.3. The molecule has 0 bridgehead atoms. The molecule has 0 radical (unpaired) electrons. The first-order valence-corrected chi connectivity index (χ1v) is 9.32. The van der Waals surface area contributed by atoms with Crippen LogP contribution in [-0.2, 0) is 11.8 Å². The van der Waals surface area contributed by atoms with Crippen molar-refractivity contribution < 1.29 is 4.39 Å². The van der Waals surface area contributed by atoms with Gasteiger partial charge in [-0.3, -0.25) is 0 Å². The summed E-state index contributed by atoms with van der Waals surface area (Å²) in [6, 6.07) is 12.2. The summed E-state index contributed by atoms with van der Waals surface area (Å²) in [6.07, 6.45) is 0.627. The van der Waals surface area contributed by atoms with Gasteiger partial charge in [-0.05, 0) is 47.9 Å². The predicted octanol–water partition coefficient (Wildman–Crippen LogP) is 6.40. The molecular formula is C16H13Br2Cl2F. The van der Waals surface area contributed by atoms with Crippen molar-refractivity contribution in [1.29, 1.82) is 0 Å². The average Bonchev–Trinajstić information content (AvgIpc) is 2.49. The zero-order valence-electron chi connectivity index (χ0n) is 11.1. The van der Waals surface area contributed by atoms with E-state index in [1.54, 1.807) is 6.07 Å². The first-order valence-electron chi connectivity index (χ1n) is 6.33. The Hall–Kier alpha value is -0.0900. The first-order chi connectivity index (χ1) is 10.0. The van der Waals surface area contributed by atoms with Gasteiger partial charge in [0.2, 0.25) is 0 Å². The van der Waals surface area contributed by atoms with Crippen LogP contribution in [0.3, 0.4) is 0 Å². The normalized spacial score (nSPS) is 11.7. The largest absolute Gasteiger partial charge is 0.207 e. The smallest absolute Gasteiger partial charge is 0.123 e. The van der Waals surface area contributed by atoms with Gasteiger partial charge >= 0.3 is 0 Å². The van der Waals surface area contributed by atoms with Gasteiger partial charge in [-0.15, -0.1) is 0 Å². The van der Waals surface area contributed by atoms with E-state index in [1.807, 2.05) is 24.3 Å². The van der Waals surface area contributed by atoms with Gasteiger partial charge in [0.05, 0.1) is 0 Å². The fourth-order valence-corrected chi connectivity index (χ4v) is 4.52. The minimum atomic E-state index is -0.274. The maximum atomic E-state index is 13.5. The Labute approximate surface area is 150 Å². The zero-order chi connectivity index (χ0) is 15.5. The van der Waals surface area contributed by atoms with Crippen molar-refractivity contribution in [1.82, 2.24) is 0 Å².